The van der Waals surface area contributed by atoms with E-state index in [0.29, 0.717) is 12.8 Å². The van der Waals surface area contributed by atoms with Crippen LogP contribution in [0.3, 0.4) is 0 Å². The van der Waals surface area contributed by atoms with Crippen molar-refractivity contribution in [3.05, 3.63) is 0 Å². The highest BCUT2D eigenvalue weighted by atomic mass is 32.3. The summed E-state index contributed by atoms with van der Waals surface area (Å²) in [5.74, 6) is -1.03. The van der Waals surface area contributed by atoms with Crippen LogP contribution in [-0.4, -0.2) is 44.2 Å². The van der Waals surface area contributed by atoms with E-state index in [-0.39, 0.29) is 19.4 Å². The number of rotatable bonds is 14. The molecule has 0 fully saturated rings. The molecular formula is C15H27O8S-. The third-order valence-corrected chi connectivity index (χ3v) is 3.52. The van der Waals surface area contributed by atoms with E-state index in [1.165, 1.54) is 0 Å². The summed E-state index contributed by atoms with van der Waals surface area (Å²) < 4.78 is 45.6. The van der Waals surface area contributed by atoms with Gasteiger partial charge >= 0.3 is 11.9 Å². The van der Waals surface area contributed by atoms with E-state index in [1.54, 1.807) is 0 Å². The molecule has 8 nitrogen and oxygen atoms in total. The van der Waals surface area contributed by atoms with Gasteiger partial charge in [-0.3, -0.25) is 13.8 Å². The molecular weight excluding hydrogens is 340 g/mol. The fourth-order valence-electron chi connectivity index (χ4n) is 1.82. The number of unbranched alkanes of at least 4 members (excludes halogenated alkanes) is 4. The van der Waals surface area contributed by atoms with Crippen LogP contribution >= 0.6 is 0 Å². The van der Waals surface area contributed by atoms with Gasteiger partial charge in [0.25, 0.3) is 0 Å². The lowest BCUT2D eigenvalue weighted by Crippen LogP contribution is -2.30. The molecule has 0 aromatic heterocycles. The second-order valence-corrected chi connectivity index (χ2v) is 6.45. The molecule has 0 saturated carbocycles. The lowest BCUT2D eigenvalue weighted by atomic mass is 10.2. The second-order valence-electron chi connectivity index (χ2n) is 5.40. The molecule has 1 unspecified atom stereocenters. The largest absolute Gasteiger partial charge is 0.726 e. The maximum Gasteiger partial charge on any atom is 0.306 e. The first kappa shape index (κ1) is 22.8. The van der Waals surface area contributed by atoms with Crippen molar-refractivity contribution in [2.24, 2.45) is 0 Å². The highest BCUT2D eigenvalue weighted by Gasteiger charge is 2.18. The fraction of sp³-hybridized carbons (Fsp3) is 0.867. The first-order chi connectivity index (χ1) is 11.3. The molecule has 0 aromatic carbocycles. The van der Waals surface area contributed by atoms with Crippen molar-refractivity contribution < 1.29 is 36.2 Å². The Bertz CT molecular complexity index is 460. The van der Waals surface area contributed by atoms with Gasteiger partial charge in [-0.1, -0.05) is 39.5 Å². The summed E-state index contributed by atoms with van der Waals surface area (Å²) in [5, 5.41) is 0. The Balaban J connectivity index is 4.36. The number of carbonyl (C=O) groups is 2. The highest BCUT2D eigenvalue weighted by molar-refractivity contribution is 7.80. The minimum atomic E-state index is -4.91. The molecule has 0 radical (unpaired) electrons. The van der Waals surface area contributed by atoms with Gasteiger partial charge in [-0.05, 0) is 12.8 Å². The topological polar surface area (TPSA) is 119 Å². The first-order valence-corrected chi connectivity index (χ1v) is 9.57. The van der Waals surface area contributed by atoms with Crippen molar-refractivity contribution in [2.45, 2.75) is 71.3 Å². The van der Waals surface area contributed by atoms with Gasteiger partial charge in [0, 0.05) is 12.8 Å². The average molecular weight is 367 g/mol. The van der Waals surface area contributed by atoms with Crippen molar-refractivity contribution in [1.29, 1.82) is 0 Å². The van der Waals surface area contributed by atoms with Gasteiger partial charge in [-0.25, -0.2) is 8.42 Å². The van der Waals surface area contributed by atoms with E-state index in [2.05, 4.69) is 4.18 Å². The molecule has 0 rings (SSSR count). The monoisotopic (exact) mass is 367 g/mol. The molecule has 24 heavy (non-hydrogen) atoms. The zero-order valence-electron chi connectivity index (χ0n) is 14.3. The summed E-state index contributed by atoms with van der Waals surface area (Å²) in [4.78, 5) is 23.2. The van der Waals surface area contributed by atoms with Crippen LogP contribution in [0.1, 0.15) is 65.2 Å². The Morgan fingerprint density at radius 1 is 0.917 bits per heavy atom. The molecule has 142 valence electrons. The van der Waals surface area contributed by atoms with Gasteiger partial charge < -0.3 is 14.0 Å². The van der Waals surface area contributed by atoms with E-state index in [0.717, 1.165) is 25.7 Å². The third-order valence-electron chi connectivity index (χ3n) is 3.10. The lowest BCUT2D eigenvalue weighted by molar-refractivity contribution is -0.161. The first-order valence-electron chi connectivity index (χ1n) is 8.23. The van der Waals surface area contributed by atoms with E-state index in [4.69, 9.17) is 9.47 Å². The quantitative estimate of drug-likeness (QED) is 0.198. The highest BCUT2D eigenvalue weighted by Crippen LogP contribution is 2.06. The van der Waals surface area contributed by atoms with Crippen LogP contribution in [0.5, 0.6) is 0 Å². The lowest BCUT2D eigenvalue weighted by Gasteiger charge is -2.19. The van der Waals surface area contributed by atoms with E-state index in [1.807, 2.05) is 13.8 Å². The zero-order chi connectivity index (χ0) is 18.4. The number of hydrogen-bond donors (Lipinski definition) is 0. The normalized spacial score (nSPS) is 12.6. The van der Waals surface area contributed by atoms with Gasteiger partial charge in [-0.15, -0.1) is 0 Å². The predicted octanol–water partition coefficient (Wildman–Crippen LogP) is 2.08. The molecule has 0 amide bonds. The average Bonchev–Trinajstić information content (AvgIpc) is 2.49. The van der Waals surface area contributed by atoms with Gasteiger partial charge in [-0.2, -0.15) is 0 Å². The SMILES string of the molecule is CCCCCC(=O)OCC(COS(=O)(=O)[O-])OC(=O)CCCCC. The van der Waals surface area contributed by atoms with Crippen molar-refractivity contribution in [3.8, 4) is 0 Å². The van der Waals surface area contributed by atoms with Crippen molar-refractivity contribution in [3.63, 3.8) is 0 Å². The van der Waals surface area contributed by atoms with Crippen LogP contribution < -0.4 is 0 Å². The second kappa shape index (κ2) is 13.1. The summed E-state index contributed by atoms with van der Waals surface area (Å²) >= 11 is 0. The maximum atomic E-state index is 11.7. The summed E-state index contributed by atoms with van der Waals surface area (Å²) in [6.07, 6.45) is 4.23. The number of hydrogen-bond acceptors (Lipinski definition) is 8. The maximum absolute atomic E-state index is 11.7. The Morgan fingerprint density at radius 3 is 1.96 bits per heavy atom. The Labute approximate surface area is 143 Å². The Kier molecular flexibility index (Phi) is 12.5. The summed E-state index contributed by atoms with van der Waals surface area (Å²) in [5.41, 5.74) is 0. The third kappa shape index (κ3) is 14.4. The predicted molar refractivity (Wildman–Crippen MR) is 84.8 cm³/mol. The van der Waals surface area contributed by atoms with E-state index >= 15 is 0 Å². The van der Waals surface area contributed by atoms with Gasteiger partial charge in [0.15, 0.2) is 6.10 Å². The zero-order valence-corrected chi connectivity index (χ0v) is 15.1. The fourth-order valence-corrected chi connectivity index (χ4v) is 2.14. The number of esters is 2. The standard InChI is InChI=1S/C15H28O8S/c1-3-5-7-9-14(16)21-11-13(12-22-24(18,19)20)23-15(17)10-8-6-4-2/h13H,3-12H2,1-2H3,(H,18,19,20)/p-1. The summed E-state index contributed by atoms with van der Waals surface area (Å²) in [6, 6.07) is 0. The molecule has 0 bridgehead atoms. The van der Waals surface area contributed by atoms with Crippen molar-refractivity contribution in [2.75, 3.05) is 13.2 Å². The molecule has 0 aliphatic carbocycles. The molecule has 0 spiro atoms. The summed E-state index contributed by atoms with van der Waals surface area (Å²) in [7, 11) is -4.91. The Hall–Kier alpha value is -1.19. The van der Waals surface area contributed by atoms with Crippen LogP contribution in [0.4, 0.5) is 0 Å². The molecule has 0 heterocycles. The molecule has 0 aliphatic heterocycles. The van der Waals surface area contributed by atoms with Gasteiger partial charge in [0.05, 0.1) is 0 Å². The Morgan fingerprint density at radius 2 is 1.46 bits per heavy atom. The van der Waals surface area contributed by atoms with Crippen LogP contribution in [-0.2, 0) is 33.6 Å². The van der Waals surface area contributed by atoms with Crippen LogP contribution in [0.15, 0.2) is 0 Å². The van der Waals surface area contributed by atoms with Crippen LogP contribution in [0.25, 0.3) is 0 Å². The molecule has 0 saturated heterocycles. The van der Waals surface area contributed by atoms with Crippen molar-refractivity contribution in [1.82, 2.24) is 0 Å². The van der Waals surface area contributed by atoms with E-state index < -0.39 is 35.0 Å². The number of ether oxygens (including phenoxy) is 2. The van der Waals surface area contributed by atoms with Crippen molar-refractivity contribution >= 4 is 22.3 Å². The molecule has 9 heteroatoms. The summed E-state index contributed by atoms with van der Waals surface area (Å²) in [6.45, 7) is 2.97. The van der Waals surface area contributed by atoms with Gasteiger partial charge in [0.1, 0.15) is 13.2 Å². The van der Waals surface area contributed by atoms with E-state index in [9.17, 15) is 22.6 Å². The smallest absolute Gasteiger partial charge is 0.306 e. The minimum Gasteiger partial charge on any atom is -0.726 e. The molecule has 0 N–H and O–H groups in total. The van der Waals surface area contributed by atoms with Gasteiger partial charge in [0.2, 0.25) is 10.4 Å². The minimum absolute atomic E-state index is 0.166. The molecule has 0 aromatic rings. The molecule has 1 atom stereocenters. The number of carbonyl (C=O) groups excluding carboxylic acids is 2. The van der Waals surface area contributed by atoms with Crippen LogP contribution in [0, 0.1) is 0 Å². The van der Waals surface area contributed by atoms with Crippen LogP contribution in [0.2, 0.25) is 0 Å². The molecule has 0 aliphatic rings.